The van der Waals surface area contributed by atoms with Crippen LogP contribution in [0, 0.1) is 0 Å². The second-order valence-electron chi connectivity index (χ2n) is 5.63. The molecule has 3 rings (SSSR count). The number of benzene rings is 2. The lowest BCUT2D eigenvalue weighted by molar-refractivity contribution is -0.142. The molecular weight excluding hydrogens is 318 g/mol. The predicted octanol–water partition coefficient (Wildman–Crippen LogP) is 3.87. The summed E-state index contributed by atoms with van der Waals surface area (Å²) < 4.78 is 12.1. The number of nitrogens with zero attached hydrogens (tertiary/aromatic N) is 1. The Morgan fingerprint density at radius 2 is 1.76 bits per heavy atom. The molecule has 25 heavy (non-hydrogen) atoms. The van der Waals surface area contributed by atoms with Crippen molar-refractivity contribution in [2.75, 3.05) is 6.61 Å². The van der Waals surface area contributed by atoms with E-state index in [4.69, 9.17) is 9.47 Å². The Morgan fingerprint density at radius 3 is 2.44 bits per heavy atom. The largest absolute Gasteiger partial charge is 0.462 e. The second-order valence-corrected chi connectivity index (χ2v) is 5.63. The molecule has 0 saturated heterocycles. The first-order valence-corrected chi connectivity index (χ1v) is 8.09. The summed E-state index contributed by atoms with van der Waals surface area (Å²) in [5.41, 5.74) is 3.39. The number of fused-ring (bicyclic) bond motifs is 1. The zero-order valence-corrected chi connectivity index (χ0v) is 14.2. The third-order valence-electron chi connectivity index (χ3n) is 3.86. The van der Waals surface area contributed by atoms with Crippen molar-refractivity contribution in [3.8, 4) is 5.69 Å². The number of carbonyl (C=O) groups excluding carboxylic acids is 2. The lowest BCUT2D eigenvalue weighted by Gasteiger charge is -2.08. The molecule has 0 atom stereocenters. The van der Waals surface area contributed by atoms with Crippen LogP contribution in [0.3, 0.4) is 0 Å². The topological polar surface area (TPSA) is 57.5 Å². The van der Waals surface area contributed by atoms with Crippen LogP contribution in [0.1, 0.15) is 29.8 Å². The van der Waals surface area contributed by atoms with Crippen molar-refractivity contribution >= 4 is 22.8 Å². The SMILES string of the molecule is CCOC(=O)c1ccc(-n2ccc3ccc(COC(C)=O)cc32)cc1. The highest BCUT2D eigenvalue weighted by Crippen LogP contribution is 2.22. The summed E-state index contributed by atoms with van der Waals surface area (Å²) in [7, 11) is 0. The molecule has 1 aromatic heterocycles. The van der Waals surface area contributed by atoms with Gasteiger partial charge in [0.15, 0.2) is 0 Å². The van der Waals surface area contributed by atoms with Crippen LogP contribution in [0.2, 0.25) is 0 Å². The fourth-order valence-electron chi connectivity index (χ4n) is 2.65. The van der Waals surface area contributed by atoms with Gasteiger partial charge >= 0.3 is 11.9 Å². The van der Waals surface area contributed by atoms with E-state index in [2.05, 4.69) is 0 Å². The maximum Gasteiger partial charge on any atom is 0.338 e. The predicted molar refractivity (Wildman–Crippen MR) is 94.7 cm³/mol. The molecule has 0 aliphatic rings. The van der Waals surface area contributed by atoms with Gasteiger partial charge in [-0.3, -0.25) is 4.79 Å². The molecule has 0 amide bonds. The number of carbonyl (C=O) groups is 2. The van der Waals surface area contributed by atoms with E-state index in [-0.39, 0.29) is 18.5 Å². The second kappa shape index (κ2) is 7.21. The van der Waals surface area contributed by atoms with Gasteiger partial charge in [-0.15, -0.1) is 0 Å². The quantitative estimate of drug-likeness (QED) is 0.663. The van der Waals surface area contributed by atoms with E-state index in [1.54, 1.807) is 19.1 Å². The first kappa shape index (κ1) is 16.8. The highest BCUT2D eigenvalue weighted by atomic mass is 16.5. The number of rotatable bonds is 5. The summed E-state index contributed by atoms with van der Waals surface area (Å²) in [5.74, 6) is -0.625. The Labute approximate surface area is 145 Å². The summed E-state index contributed by atoms with van der Waals surface area (Å²) in [6.07, 6.45) is 1.97. The van der Waals surface area contributed by atoms with E-state index in [1.807, 2.05) is 47.2 Å². The molecule has 0 aliphatic carbocycles. The van der Waals surface area contributed by atoms with Crippen molar-refractivity contribution in [3.63, 3.8) is 0 Å². The van der Waals surface area contributed by atoms with Crippen molar-refractivity contribution in [1.82, 2.24) is 4.57 Å². The van der Waals surface area contributed by atoms with E-state index in [0.717, 1.165) is 22.2 Å². The van der Waals surface area contributed by atoms with Crippen LogP contribution in [0.15, 0.2) is 54.7 Å². The molecule has 0 saturated carbocycles. The molecule has 0 N–H and O–H groups in total. The smallest absolute Gasteiger partial charge is 0.338 e. The van der Waals surface area contributed by atoms with Crippen LogP contribution < -0.4 is 0 Å². The van der Waals surface area contributed by atoms with Crippen LogP contribution in [0.4, 0.5) is 0 Å². The lowest BCUT2D eigenvalue weighted by Crippen LogP contribution is -2.04. The van der Waals surface area contributed by atoms with Gasteiger partial charge in [-0.25, -0.2) is 4.79 Å². The number of aromatic nitrogens is 1. The monoisotopic (exact) mass is 337 g/mol. The molecule has 0 spiro atoms. The van der Waals surface area contributed by atoms with Crippen molar-refractivity contribution in [2.45, 2.75) is 20.5 Å². The number of esters is 2. The Morgan fingerprint density at radius 1 is 1.00 bits per heavy atom. The van der Waals surface area contributed by atoms with Gasteiger partial charge in [-0.2, -0.15) is 0 Å². The molecule has 3 aromatic rings. The lowest BCUT2D eigenvalue weighted by atomic mass is 10.1. The van der Waals surface area contributed by atoms with Gasteiger partial charge in [0.2, 0.25) is 0 Å². The van der Waals surface area contributed by atoms with E-state index < -0.39 is 0 Å². The van der Waals surface area contributed by atoms with Crippen LogP contribution in [0.25, 0.3) is 16.6 Å². The molecule has 0 aliphatic heterocycles. The molecule has 0 unspecified atom stereocenters. The number of ether oxygens (including phenoxy) is 2. The van der Waals surface area contributed by atoms with Crippen LogP contribution in [0.5, 0.6) is 0 Å². The molecule has 0 bridgehead atoms. The molecular formula is C20H19NO4. The first-order valence-electron chi connectivity index (χ1n) is 8.09. The third-order valence-corrected chi connectivity index (χ3v) is 3.86. The fraction of sp³-hybridized carbons (Fsp3) is 0.200. The average Bonchev–Trinajstić information content (AvgIpc) is 3.03. The Kier molecular flexibility index (Phi) is 4.84. The summed E-state index contributed by atoms with van der Waals surface area (Å²) >= 11 is 0. The Balaban J connectivity index is 1.91. The van der Waals surface area contributed by atoms with E-state index in [1.165, 1.54) is 6.92 Å². The normalized spacial score (nSPS) is 10.6. The maximum absolute atomic E-state index is 11.8. The van der Waals surface area contributed by atoms with E-state index >= 15 is 0 Å². The van der Waals surface area contributed by atoms with Crippen LogP contribution in [-0.4, -0.2) is 23.1 Å². The fourth-order valence-corrected chi connectivity index (χ4v) is 2.65. The zero-order chi connectivity index (χ0) is 17.8. The van der Waals surface area contributed by atoms with Crippen molar-refractivity contribution < 1.29 is 19.1 Å². The van der Waals surface area contributed by atoms with Crippen LogP contribution >= 0.6 is 0 Å². The summed E-state index contributed by atoms with van der Waals surface area (Å²) in [5, 5.41) is 1.08. The molecule has 0 radical (unpaired) electrons. The summed E-state index contributed by atoms with van der Waals surface area (Å²) in [6, 6.07) is 15.2. The van der Waals surface area contributed by atoms with Gasteiger partial charge in [0.1, 0.15) is 6.61 Å². The minimum atomic E-state index is -0.324. The average molecular weight is 337 g/mol. The molecule has 128 valence electrons. The first-order chi connectivity index (χ1) is 12.1. The maximum atomic E-state index is 11.8. The third kappa shape index (κ3) is 3.71. The molecule has 2 aromatic carbocycles. The minimum Gasteiger partial charge on any atom is -0.462 e. The van der Waals surface area contributed by atoms with Gasteiger partial charge < -0.3 is 14.0 Å². The highest BCUT2D eigenvalue weighted by Gasteiger charge is 2.08. The van der Waals surface area contributed by atoms with Gasteiger partial charge in [-0.05, 0) is 54.3 Å². The van der Waals surface area contributed by atoms with Crippen molar-refractivity contribution in [1.29, 1.82) is 0 Å². The van der Waals surface area contributed by atoms with E-state index in [9.17, 15) is 9.59 Å². The summed E-state index contributed by atoms with van der Waals surface area (Å²) in [6.45, 7) is 3.78. The van der Waals surface area contributed by atoms with Crippen molar-refractivity contribution in [3.05, 3.63) is 65.9 Å². The van der Waals surface area contributed by atoms with E-state index in [0.29, 0.717) is 12.2 Å². The number of hydrogen-bond donors (Lipinski definition) is 0. The minimum absolute atomic E-state index is 0.248. The molecule has 5 nitrogen and oxygen atoms in total. The van der Waals surface area contributed by atoms with Gasteiger partial charge in [0, 0.05) is 18.8 Å². The highest BCUT2D eigenvalue weighted by molar-refractivity contribution is 5.90. The standard InChI is InChI=1S/C20H19NO4/c1-3-24-20(23)17-6-8-18(9-7-17)21-11-10-16-5-4-15(12-19(16)21)13-25-14(2)22/h4-12H,3,13H2,1-2H3. The van der Waals surface area contributed by atoms with Gasteiger partial charge in [0.05, 0.1) is 17.7 Å². The Bertz CT molecular complexity index is 909. The Hall–Kier alpha value is -3.08. The molecule has 0 fully saturated rings. The summed E-state index contributed by atoms with van der Waals surface area (Å²) in [4.78, 5) is 22.7. The van der Waals surface area contributed by atoms with Crippen LogP contribution in [-0.2, 0) is 20.9 Å². The van der Waals surface area contributed by atoms with Gasteiger partial charge in [0.25, 0.3) is 0 Å². The number of hydrogen-bond acceptors (Lipinski definition) is 4. The molecule has 1 heterocycles. The zero-order valence-electron chi connectivity index (χ0n) is 14.2. The molecule has 5 heteroatoms. The van der Waals surface area contributed by atoms with Gasteiger partial charge in [-0.1, -0.05) is 12.1 Å². The van der Waals surface area contributed by atoms with Crippen molar-refractivity contribution in [2.24, 2.45) is 0 Å².